The molecule has 4 amide bonds. The Morgan fingerprint density at radius 2 is 1.04 bits per heavy atom. The molecule has 2 aliphatic heterocycles. The molecule has 3 rings (SSSR count). The third-order valence-electron chi connectivity index (χ3n) is 5.10. The zero-order chi connectivity index (χ0) is 19.6. The molecule has 0 spiro atoms. The number of imide groups is 2. The van der Waals surface area contributed by atoms with E-state index in [-0.39, 0.29) is 38.5 Å². The van der Waals surface area contributed by atoms with Gasteiger partial charge in [-0.05, 0) is 18.3 Å². The van der Waals surface area contributed by atoms with Crippen molar-refractivity contribution in [1.29, 1.82) is 0 Å². The summed E-state index contributed by atoms with van der Waals surface area (Å²) in [5.41, 5.74) is -0.744. The van der Waals surface area contributed by atoms with Gasteiger partial charge in [-0.1, -0.05) is 12.8 Å². The molecule has 0 N–H and O–H groups in total. The van der Waals surface area contributed by atoms with Crippen LogP contribution >= 0.6 is 0 Å². The summed E-state index contributed by atoms with van der Waals surface area (Å²) in [4.78, 5) is 80.5. The van der Waals surface area contributed by atoms with Crippen molar-refractivity contribution in [1.82, 2.24) is 10.1 Å². The molecule has 0 bridgehead atoms. The average Bonchev–Trinajstić information content (AvgIpc) is 3.27. The molecule has 27 heavy (non-hydrogen) atoms. The van der Waals surface area contributed by atoms with Gasteiger partial charge in [-0.2, -0.15) is 0 Å². The smallest absolute Gasteiger partial charge is 0.330 e. The largest absolute Gasteiger partial charge is 0.333 e. The summed E-state index contributed by atoms with van der Waals surface area (Å²) >= 11 is 0. The van der Waals surface area contributed by atoms with E-state index >= 15 is 0 Å². The molecule has 2 saturated heterocycles. The zero-order valence-corrected chi connectivity index (χ0v) is 14.7. The van der Waals surface area contributed by atoms with Crippen LogP contribution in [0, 0.1) is 5.41 Å². The van der Waals surface area contributed by atoms with Crippen LogP contribution in [0.15, 0.2) is 0 Å². The van der Waals surface area contributed by atoms with E-state index in [2.05, 4.69) is 0 Å². The Balaban J connectivity index is 1.60. The number of rotatable bonds is 6. The van der Waals surface area contributed by atoms with Crippen molar-refractivity contribution in [3.8, 4) is 0 Å². The fraction of sp³-hybridized carbons (Fsp3) is 0.647. The van der Waals surface area contributed by atoms with E-state index in [9.17, 15) is 28.8 Å². The van der Waals surface area contributed by atoms with Crippen LogP contribution in [-0.4, -0.2) is 45.7 Å². The van der Waals surface area contributed by atoms with Gasteiger partial charge in [0.2, 0.25) is 0 Å². The lowest BCUT2D eigenvalue weighted by atomic mass is 9.79. The van der Waals surface area contributed by atoms with Crippen molar-refractivity contribution >= 4 is 35.6 Å². The molecule has 10 nitrogen and oxygen atoms in total. The van der Waals surface area contributed by atoms with Crippen LogP contribution < -0.4 is 0 Å². The number of hydrogen-bond donors (Lipinski definition) is 0. The minimum atomic E-state index is -0.776. The summed E-state index contributed by atoms with van der Waals surface area (Å²) in [5.74, 6) is -3.83. The minimum absolute atomic E-state index is 0.00146. The third-order valence-corrected chi connectivity index (χ3v) is 5.10. The van der Waals surface area contributed by atoms with Gasteiger partial charge in [0.25, 0.3) is 23.6 Å². The Morgan fingerprint density at radius 1 is 0.704 bits per heavy atom. The van der Waals surface area contributed by atoms with Gasteiger partial charge in [0, 0.05) is 25.7 Å². The van der Waals surface area contributed by atoms with Gasteiger partial charge in [-0.3, -0.25) is 19.2 Å². The first-order valence-corrected chi connectivity index (χ1v) is 8.93. The summed E-state index contributed by atoms with van der Waals surface area (Å²) in [7, 11) is 0. The topological polar surface area (TPSA) is 127 Å². The average molecular weight is 380 g/mol. The highest BCUT2D eigenvalue weighted by atomic mass is 16.7. The minimum Gasteiger partial charge on any atom is -0.330 e. The molecule has 0 radical (unpaired) electrons. The van der Waals surface area contributed by atoms with Crippen LogP contribution in [-0.2, 0) is 38.4 Å². The second kappa shape index (κ2) is 7.45. The number of hydroxylamine groups is 4. The number of amides is 4. The molecule has 3 aliphatic rings. The number of carbonyl (C=O) groups is 6. The van der Waals surface area contributed by atoms with Crippen LogP contribution in [0.1, 0.15) is 64.2 Å². The Kier molecular flexibility index (Phi) is 5.24. The molecule has 10 heteroatoms. The van der Waals surface area contributed by atoms with Gasteiger partial charge >= 0.3 is 11.9 Å². The monoisotopic (exact) mass is 380 g/mol. The molecule has 0 aromatic rings. The van der Waals surface area contributed by atoms with Crippen LogP contribution in [0.3, 0.4) is 0 Å². The zero-order valence-electron chi connectivity index (χ0n) is 14.7. The van der Waals surface area contributed by atoms with Crippen molar-refractivity contribution in [3.63, 3.8) is 0 Å². The molecule has 1 saturated carbocycles. The van der Waals surface area contributed by atoms with Gasteiger partial charge in [-0.25, -0.2) is 9.59 Å². The maximum Gasteiger partial charge on any atom is 0.333 e. The van der Waals surface area contributed by atoms with E-state index in [1.807, 2.05) is 0 Å². The summed E-state index contributed by atoms with van der Waals surface area (Å²) in [6.07, 6.45) is 2.38. The SMILES string of the molecule is O=C(CC1(CC(=O)ON2C(=O)CCC2=O)CCCC1)ON1C(=O)CCC1=O. The Labute approximate surface area is 154 Å². The highest BCUT2D eigenvalue weighted by molar-refractivity contribution is 6.02. The Morgan fingerprint density at radius 3 is 1.37 bits per heavy atom. The summed E-state index contributed by atoms with van der Waals surface area (Å²) < 4.78 is 0. The van der Waals surface area contributed by atoms with Gasteiger partial charge in [0.15, 0.2) is 0 Å². The second-order valence-corrected chi connectivity index (χ2v) is 7.15. The number of carbonyl (C=O) groups excluding carboxylic acids is 6. The van der Waals surface area contributed by atoms with Crippen molar-refractivity contribution in [2.75, 3.05) is 0 Å². The molecular formula is C17H20N2O8. The number of hydrogen-bond acceptors (Lipinski definition) is 8. The summed E-state index contributed by atoms with van der Waals surface area (Å²) in [6.45, 7) is 0. The Hall–Kier alpha value is -2.78. The van der Waals surface area contributed by atoms with Crippen LogP contribution in [0.25, 0.3) is 0 Å². The van der Waals surface area contributed by atoms with E-state index in [1.54, 1.807) is 0 Å². The summed E-state index contributed by atoms with van der Waals surface area (Å²) in [5, 5.41) is 0.954. The van der Waals surface area contributed by atoms with Crippen molar-refractivity contribution in [3.05, 3.63) is 0 Å². The number of nitrogens with zero attached hydrogens (tertiary/aromatic N) is 2. The molecule has 0 unspecified atom stereocenters. The first-order valence-electron chi connectivity index (χ1n) is 8.93. The van der Waals surface area contributed by atoms with Gasteiger partial charge < -0.3 is 9.68 Å². The van der Waals surface area contributed by atoms with Crippen molar-refractivity contribution in [2.24, 2.45) is 5.41 Å². The highest BCUT2D eigenvalue weighted by Crippen LogP contribution is 2.44. The lowest BCUT2D eigenvalue weighted by molar-refractivity contribution is -0.202. The van der Waals surface area contributed by atoms with E-state index in [0.717, 1.165) is 12.8 Å². The fourth-order valence-corrected chi connectivity index (χ4v) is 3.74. The highest BCUT2D eigenvalue weighted by Gasteiger charge is 2.42. The van der Waals surface area contributed by atoms with E-state index < -0.39 is 41.0 Å². The van der Waals surface area contributed by atoms with Crippen LogP contribution in [0.5, 0.6) is 0 Å². The molecule has 0 atom stereocenters. The van der Waals surface area contributed by atoms with E-state index in [1.165, 1.54) is 0 Å². The van der Waals surface area contributed by atoms with Crippen molar-refractivity contribution in [2.45, 2.75) is 64.2 Å². The molecule has 2 heterocycles. The third kappa shape index (κ3) is 4.15. The van der Waals surface area contributed by atoms with Crippen LogP contribution in [0.4, 0.5) is 0 Å². The van der Waals surface area contributed by atoms with Crippen molar-refractivity contribution < 1.29 is 38.4 Å². The van der Waals surface area contributed by atoms with Gasteiger partial charge in [0.1, 0.15) is 0 Å². The maximum absolute atomic E-state index is 12.2. The standard InChI is InChI=1S/C17H20N2O8/c20-11-3-4-12(21)18(11)26-15(24)9-17(7-1-2-8-17)10-16(25)27-19-13(22)5-6-14(19)23/h1-10H2. The second-order valence-electron chi connectivity index (χ2n) is 7.15. The molecular weight excluding hydrogens is 360 g/mol. The molecule has 0 aromatic carbocycles. The maximum atomic E-state index is 12.2. The summed E-state index contributed by atoms with van der Waals surface area (Å²) in [6, 6.07) is 0. The first-order chi connectivity index (χ1) is 12.8. The van der Waals surface area contributed by atoms with E-state index in [4.69, 9.17) is 9.68 Å². The lowest BCUT2D eigenvalue weighted by Gasteiger charge is -2.27. The lowest BCUT2D eigenvalue weighted by Crippen LogP contribution is -2.36. The molecule has 0 aromatic heterocycles. The molecule has 3 fully saturated rings. The normalized spacial score (nSPS) is 21.9. The van der Waals surface area contributed by atoms with Gasteiger partial charge in [0.05, 0.1) is 12.8 Å². The Bertz CT molecular complexity index is 624. The van der Waals surface area contributed by atoms with Crippen LogP contribution in [0.2, 0.25) is 0 Å². The predicted octanol–water partition coefficient (Wildman–Crippen LogP) is 0.541. The predicted molar refractivity (Wildman–Crippen MR) is 84.5 cm³/mol. The fourth-order valence-electron chi connectivity index (χ4n) is 3.74. The van der Waals surface area contributed by atoms with E-state index in [0.29, 0.717) is 23.0 Å². The molecule has 1 aliphatic carbocycles. The molecule has 146 valence electrons. The first kappa shape index (κ1) is 19.0. The van der Waals surface area contributed by atoms with Gasteiger partial charge in [-0.15, -0.1) is 10.1 Å². The quantitative estimate of drug-likeness (QED) is 0.611.